The summed E-state index contributed by atoms with van der Waals surface area (Å²) < 4.78 is 0. The van der Waals surface area contributed by atoms with Gasteiger partial charge in [-0.05, 0) is 17.8 Å². The van der Waals surface area contributed by atoms with Crippen LogP contribution in [-0.4, -0.2) is 17.7 Å². The van der Waals surface area contributed by atoms with Gasteiger partial charge in [0.1, 0.15) is 0 Å². The summed E-state index contributed by atoms with van der Waals surface area (Å²) in [4.78, 5) is 23.9. The number of amides is 1. The molecule has 0 bridgehead atoms. The van der Waals surface area contributed by atoms with E-state index in [-0.39, 0.29) is 29.1 Å². The first-order valence-electron chi connectivity index (χ1n) is 6.64. The molecule has 1 amide bonds. The summed E-state index contributed by atoms with van der Waals surface area (Å²) in [7, 11) is 0. The molecule has 0 aromatic heterocycles. The van der Waals surface area contributed by atoms with Crippen molar-refractivity contribution in [1.29, 1.82) is 0 Å². The third kappa shape index (κ3) is 3.55. The van der Waals surface area contributed by atoms with Crippen molar-refractivity contribution in [3.05, 3.63) is 0 Å². The highest BCUT2D eigenvalue weighted by molar-refractivity contribution is 5.91. The normalized spacial score (nSPS) is 25.2. The molecule has 17 heavy (non-hydrogen) atoms. The van der Waals surface area contributed by atoms with Crippen LogP contribution in [0.2, 0.25) is 0 Å². The molecular weight excluding hydrogens is 214 g/mol. The molecule has 3 nitrogen and oxygen atoms in total. The molecule has 3 heteroatoms. The van der Waals surface area contributed by atoms with Crippen LogP contribution < -0.4 is 5.32 Å². The number of hydrogen-bond donors (Lipinski definition) is 1. The highest BCUT2D eigenvalue weighted by Gasteiger charge is 2.43. The standard InChI is InChI=1S/C14H25NO2/c1-6-9-8-10(9)13(17)15-12(11(16)7-2)14(3,4)5/h9-10,12H,6-8H2,1-5H3,(H,15,17)/t9?,10-,12-/m1/s1. The molecule has 1 N–H and O–H groups in total. The van der Waals surface area contributed by atoms with Crippen molar-refractivity contribution < 1.29 is 9.59 Å². The van der Waals surface area contributed by atoms with Crippen LogP contribution in [0.1, 0.15) is 53.9 Å². The van der Waals surface area contributed by atoms with E-state index >= 15 is 0 Å². The van der Waals surface area contributed by atoms with E-state index in [1.54, 1.807) is 0 Å². The summed E-state index contributed by atoms with van der Waals surface area (Å²) in [5.74, 6) is 0.875. The van der Waals surface area contributed by atoms with Gasteiger partial charge >= 0.3 is 0 Å². The lowest BCUT2D eigenvalue weighted by Crippen LogP contribution is -2.49. The first-order chi connectivity index (χ1) is 7.81. The third-order valence-corrected chi connectivity index (χ3v) is 3.61. The number of ketones is 1. The SMILES string of the molecule is CCC(=O)[C@@H](NC(=O)[C@@H]1CC1CC)C(C)(C)C. The summed E-state index contributed by atoms with van der Waals surface area (Å²) in [5, 5.41) is 2.95. The van der Waals surface area contributed by atoms with Crippen LogP contribution in [0.4, 0.5) is 0 Å². The van der Waals surface area contributed by atoms with Gasteiger partial charge in [-0.1, -0.05) is 41.0 Å². The van der Waals surface area contributed by atoms with Crippen LogP contribution in [0.25, 0.3) is 0 Å². The highest BCUT2D eigenvalue weighted by atomic mass is 16.2. The van der Waals surface area contributed by atoms with Crippen molar-refractivity contribution in [3.63, 3.8) is 0 Å². The molecule has 1 rings (SSSR count). The van der Waals surface area contributed by atoms with Gasteiger partial charge in [0.2, 0.25) is 5.91 Å². The van der Waals surface area contributed by atoms with Gasteiger partial charge in [-0.25, -0.2) is 0 Å². The summed E-state index contributed by atoms with van der Waals surface area (Å²) in [6.45, 7) is 9.94. The largest absolute Gasteiger partial charge is 0.346 e. The quantitative estimate of drug-likeness (QED) is 0.801. The second-order valence-electron chi connectivity index (χ2n) is 6.14. The average molecular weight is 239 g/mol. The number of nitrogens with one attached hydrogen (secondary N) is 1. The number of carbonyl (C=O) groups excluding carboxylic acids is 2. The predicted molar refractivity (Wildman–Crippen MR) is 68.6 cm³/mol. The average Bonchev–Trinajstić information content (AvgIpc) is 3.02. The van der Waals surface area contributed by atoms with Crippen LogP contribution in [0, 0.1) is 17.3 Å². The molecule has 1 saturated carbocycles. The number of hydrogen-bond acceptors (Lipinski definition) is 2. The van der Waals surface area contributed by atoms with E-state index in [1.807, 2.05) is 27.7 Å². The van der Waals surface area contributed by atoms with Gasteiger partial charge in [-0.15, -0.1) is 0 Å². The fourth-order valence-corrected chi connectivity index (χ4v) is 2.25. The fraction of sp³-hybridized carbons (Fsp3) is 0.857. The Bertz CT molecular complexity index is 304. The van der Waals surface area contributed by atoms with E-state index in [2.05, 4.69) is 12.2 Å². The van der Waals surface area contributed by atoms with E-state index in [0.29, 0.717) is 12.3 Å². The first-order valence-corrected chi connectivity index (χ1v) is 6.64. The minimum Gasteiger partial charge on any atom is -0.346 e. The number of carbonyl (C=O) groups is 2. The second-order valence-corrected chi connectivity index (χ2v) is 6.14. The zero-order chi connectivity index (χ0) is 13.2. The van der Waals surface area contributed by atoms with Gasteiger partial charge in [-0.3, -0.25) is 9.59 Å². The molecule has 0 saturated heterocycles. The zero-order valence-corrected chi connectivity index (χ0v) is 11.7. The molecule has 1 aliphatic rings. The molecule has 3 atom stereocenters. The Morgan fingerprint density at radius 1 is 1.29 bits per heavy atom. The van der Waals surface area contributed by atoms with Crippen LogP contribution in [0.3, 0.4) is 0 Å². The van der Waals surface area contributed by atoms with E-state index < -0.39 is 0 Å². The van der Waals surface area contributed by atoms with E-state index in [9.17, 15) is 9.59 Å². The van der Waals surface area contributed by atoms with E-state index in [4.69, 9.17) is 0 Å². The Morgan fingerprint density at radius 3 is 2.24 bits per heavy atom. The molecule has 0 heterocycles. The van der Waals surface area contributed by atoms with Gasteiger partial charge < -0.3 is 5.32 Å². The zero-order valence-electron chi connectivity index (χ0n) is 11.7. The van der Waals surface area contributed by atoms with Gasteiger partial charge in [0.25, 0.3) is 0 Å². The van der Waals surface area contributed by atoms with Crippen molar-refractivity contribution in [2.45, 2.75) is 59.9 Å². The summed E-state index contributed by atoms with van der Waals surface area (Å²) in [6.07, 6.45) is 2.52. The topological polar surface area (TPSA) is 46.2 Å². The smallest absolute Gasteiger partial charge is 0.223 e. The maximum absolute atomic E-state index is 12.0. The maximum Gasteiger partial charge on any atom is 0.223 e. The van der Waals surface area contributed by atoms with Crippen LogP contribution in [0.5, 0.6) is 0 Å². The molecule has 0 aromatic carbocycles. The Labute approximate surface area is 104 Å². The predicted octanol–water partition coefficient (Wildman–Crippen LogP) is 2.54. The molecule has 98 valence electrons. The monoisotopic (exact) mass is 239 g/mol. The van der Waals surface area contributed by atoms with Gasteiger partial charge in [0, 0.05) is 12.3 Å². The van der Waals surface area contributed by atoms with Crippen molar-refractivity contribution in [3.8, 4) is 0 Å². The Kier molecular flexibility index (Phi) is 4.34. The molecule has 1 unspecified atom stereocenters. The van der Waals surface area contributed by atoms with E-state index in [0.717, 1.165) is 12.8 Å². The lowest BCUT2D eigenvalue weighted by molar-refractivity contribution is -0.131. The van der Waals surface area contributed by atoms with Gasteiger partial charge in [0.15, 0.2) is 5.78 Å². The van der Waals surface area contributed by atoms with Crippen molar-refractivity contribution in [2.75, 3.05) is 0 Å². The Hall–Kier alpha value is -0.860. The molecule has 1 fully saturated rings. The molecular formula is C14H25NO2. The van der Waals surface area contributed by atoms with Crippen molar-refractivity contribution >= 4 is 11.7 Å². The highest BCUT2D eigenvalue weighted by Crippen LogP contribution is 2.41. The maximum atomic E-state index is 12.0. The van der Waals surface area contributed by atoms with Gasteiger partial charge in [-0.2, -0.15) is 0 Å². The number of Topliss-reactive ketones (excluding diaryl/α,β-unsaturated/α-hetero) is 1. The van der Waals surface area contributed by atoms with Crippen LogP contribution in [0.15, 0.2) is 0 Å². The summed E-state index contributed by atoms with van der Waals surface area (Å²) in [5.41, 5.74) is -0.209. The van der Waals surface area contributed by atoms with Crippen molar-refractivity contribution in [2.24, 2.45) is 17.3 Å². The van der Waals surface area contributed by atoms with E-state index in [1.165, 1.54) is 0 Å². The molecule has 0 aliphatic heterocycles. The minimum atomic E-state index is -0.349. The molecule has 0 aromatic rings. The third-order valence-electron chi connectivity index (χ3n) is 3.61. The summed E-state index contributed by atoms with van der Waals surface area (Å²) >= 11 is 0. The molecule has 1 aliphatic carbocycles. The Balaban J connectivity index is 2.62. The fourth-order valence-electron chi connectivity index (χ4n) is 2.25. The minimum absolute atomic E-state index is 0.0681. The first kappa shape index (κ1) is 14.2. The lowest BCUT2D eigenvalue weighted by atomic mass is 9.83. The lowest BCUT2D eigenvalue weighted by Gasteiger charge is -2.30. The Morgan fingerprint density at radius 2 is 1.88 bits per heavy atom. The van der Waals surface area contributed by atoms with Crippen molar-refractivity contribution in [1.82, 2.24) is 5.32 Å². The second kappa shape index (κ2) is 5.19. The molecule has 0 spiro atoms. The summed E-state index contributed by atoms with van der Waals surface area (Å²) in [6, 6.07) is -0.349. The van der Waals surface area contributed by atoms with Crippen LogP contribution in [-0.2, 0) is 9.59 Å². The van der Waals surface area contributed by atoms with Gasteiger partial charge in [0.05, 0.1) is 6.04 Å². The molecule has 0 radical (unpaired) electrons. The number of rotatable bonds is 5. The van der Waals surface area contributed by atoms with Crippen LogP contribution >= 0.6 is 0 Å².